The molecule has 0 radical (unpaired) electrons. The summed E-state index contributed by atoms with van der Waals surface area (Å²) in [4.78, 5) is 46.5. The molecule has 4 rings (SSSR count). The number of thiophene rings is 1. The van der Waals surface area contributed by atoms with Crippen LogP contribution in [0, 0.1) is 0 Å². The van der Waals surface area contributed by atoms with Gasteiger partial charge in [-0.3, -0.25) is 14.4 Å². The van der Waals surface area contributed by atoms with E-state index >= 15 is 0 Å². The first-order chi connectivity index (χ1) is 15.8. The lowest BCUT2D eigenvalue weighted by Crippen LogP contribution is -2.33. The normalized spacial score (nSPS) is 12.9. The molecule has 1 aliphatic rings. The minimum atomic E-state index is -0.266. The SMILES string of the molecule is CNC(=O)c1sccc1Nc1nc(Nc2ccc3c(c2)NC(=O)CN(C(C)=O)C3)ncc1Cl. The van der Waals surface area contributed by atoms with Gasteiger partial charge in [-0.2, -0.15) is 4.98 Å². The number of anilines is 5. The third-order valence-corrected chi connectivity index (χ3v) is 6.07. The Bertz CT molecular complexity index is 1250. The summed E-state index contributed by atoms with van der Waals surface area (Å²) in [6, 6.07) is 7.16. The van der Waals surface area contributed by atoms with Crippen molar-refractivity contribution >= 4 is 69.5 Å². The van der Waals surface area contributed by atoms with E-state index in [2.05, 4.69) is 31.2 Å². The summed E-state index contributed by atoms with van der Waals surface area (Å²) in [5.74, 6) is -0.0498. The van der Waals surface area contributed by atoms with E-state index in [0.717, 1.165) is 5.56 Å². The van der Waals surface area contributed by atoms with Crippen molar-refractivity contribution in [1.82, 2.24) is 20.2 Å². The van der Waals surface area contributed by atoms with Crippen molar-refractivity contribution < 1.29 is 14.4 Å². The zero-order valence-corrected chi connectivity index (χ0v) is 19.3. The maximum atomic E-state index is 12.2. The Hall–Kier alpha value is -3.70. The van der Waals surface area contributed by atoms with Gasteiger partial charge >= 0.3 is 0 Å². The minimum Gasteiger partial charge on any atom is -0.354 e. The molecule has 10 nitrogen and oxygen atoms in total. The number of amides is 3. The van der Waals surface area contributed by atoms with Crippen LogP contribution in [0.5, 0.6) is 0 Å². The molecule has 0 unspecified atom stereocenters. The second kappa shape index (κ2) is 9.43. The van der Waals surface area contributed by atoms with Crippen molar-refractivity contribution in [2.24, 2.45) is 0 Å². The van der Waals surface area contributed by atoms with E-state index in [0.29, 0.717) is 34.3 Å². The summed E-state index contributed by atoms with van der Waals surface area (Å²) in [5, 5.41) is 13.7. The number of carbonyl (C=O) groups excluding carboxylic acids is 3. The van der Waals surface area contributed by atoms with E-state index in [1.165, 1.54) is 29.4 Å². The summed E-state index contributed by atoms with van der Waals surface area (Å²) in [7, 11) is 1.56. The lowest BCUT2D eigenvalue weighted by Gasteiger charge is -2.17. The van der Waals surface area contributed by atoms with Gasteiger partial charge in [-0.1, -0.05) is 17.7 Å². The molecule has 1 aromatic carbocycles. The van der Waals surface area contributed by atoms with Crippen molar-refractivity contribution in [3.8, 4) is 0 Å². The van der Waals surface area contributed by atoms with Crippen LogP contribution >= 0.6 is 22.9 Å². The summed E-state index contributed by atoms with van der Waals surface area (Å²) in [6.07, 6.45) is 1.45. The zero-order valence-electron chi connectivity index (χ0n) is 17.7. The maximum Gasteiger partial charge on any atom is 0.263 e. The molecule has 33 heavy (non-hydrogen) atoms. The predicted octanol–water partition coefficient (Wildman–Crippen LogP) is 3.34. The van der Waals surface area contributed by atoms with Gasteiger partial charge in [0, 0.05) is 31.9 Å². The molecule has 0 bridgehead atoms. The van der Waals surface area contributed by atoms with Gasteiger partial charge in [0.2, 0.25) is 17.8 Å². The summed E-state index contributed by atoms with van der Waals surface area (Å²) < 4.78 is 0. The molecular weight excluding hydrogens is 466 g/mol. The Kier molecular flexibility index (Phi) is 6.43. The highest BCUT2D eigenvalue weighted by Gasteiger charge is 2.21. The Balaban J connectivity index is 1.56. The number of rotatable bonds is 5. The number of halogens is 1. The Labute approximate surface area is 198 Å². The molecule has 4 N–H and O–H groups in total. The van der Waals surface area contributed by atoms with Gasteiger partial charge in [0.15, 0.2) is 5.82 Å². The van der Waals surface area contributed by atoms with Gasteiger partial charge in [-0.25, -0.2) is 4.98 Å². The van der Waals surface area contributed by atoms with Crippen LogP contribution < -0.4 is 21.3 Å². The summed E-state index contributed by atoms with van der Waals surface area (Å²) in [6.45, 7) is 1.78. The quantitative estimate of drug-likeness (QED) is 0.436. The third kappa shape index (κ3) is 5.04. The van der Waals surface area contributed by atoms with Crippen molar-refractivity contribution in [2.75, 3.05) is 29.5 Å². The molecule has 0 fully saturated rings. The highest BCUT2D eigenvalue weighted by molar-refractivity contribution is 7.12. The van der Waals surface area contributed by atoms with Crippen molar-refractivity contribution in [1.29, 1.82) is 0 Å². The second-order valence-electron chi connectivity index (χ2n) is 7.18. The molecule has 0 saturated carbocycles. The van der Waals surface area contributed by atoms with E-state index in [1.54, 1.807) is 24.6 Å². The van der Waals surface area contributed by atoms with Crippen LogP contribution in [0.4, 0.5) is 28.8 Å². The van der Waals surface area contributed by atoms with Gasteiger partial charge in [-0.15, -0.1) is 11.3 Å². The van der Waals surface area contributed by atoms with Crippen molar-refractivity contribution in [2.45, 2.75) is 13.5 Å². The molecule has 12 heteroatoms. The lowest BCUT2D eigenvalue weighted by atomic mass is 10.1. The largest absolute Gasteiger partial charge is 0.354 e. The molecule has 3 aromatic rings. The molecule has 2 aromatic heterocycles. The fourth-order valence-corrected chi connectivity index (χ4v) is 4.16. The van der Waals surface area contributed by atoms with Gasteiger partial charge in [0.05, 0.1) is 11.9 Å². The molecule has 0 aliphatic carbocycles. The van der Waals surface area contributed by atoms with E-state index < -0.39 is 0 Å². The average molecular weight is 486 g/mol. The maximum absolute atomic E-state index is 12.2. The van der Waals surface area contributed by atoms with Crippen LogP contribution in [0.2, 0.25) is 5.02 Å². The summed E-state index contributed by atoms with van der Waals surface area (Å²) >= 11 is 7.55. The van der Waals surface area contributed by atoms with Crippen LogP contribution in [0.3, 0.4) is 0 Å². The van der Waals surface area contributed by atoms with E-state index in [-0.39, 0.29) is 35.2 Å². The number of hydrogen-bond acceptors (Lipinski definition) is 8. The zero-order chi connectivity index (χ0) is 23.5. The fraction of sp³-hybridized carbons (Fsp3) is 0.190. The first-order valence-electron chi connectivity index (χ1n) is 9.88. The number of hydrogen-bond donors (Lipinski definition) is 4. The van der Waals surface area contributed by atoms with Crippen molar-refractivity contribution in [3.63, 3.8) is 0 Å². The summed E-state index contributed by atoms with van der Waals surface area (Å²) in [5.41, 5.74) is 2.64. The molecule has 3 heterocycles. The molecule has 0 spiro atoms. The van der Waals surface area contributed by atoms with Gasteiger partial charge in [0.25, 0.3) is 5.91 Å². The van der Waals surface area contributed by atoms with E-state index in [9.17, 15) is 14.4 Å². The molecule has 0 saturated heterocycles. The van der Waals surface area contributed by atoms with Crippen LogP contribution in [-0.2, 0) is 16.1 Å². The molecule has 170 valence electrons. The Morgan fingerprint density at radius 1 is 1.21 bits per heavy atom. The van der Waals surface area contributed by atoms with Crippen LogP contribution in [0.15, 0.2) is 35.8 Å². The highest BCUT2D eigenvalue weighted by Crippen LogP contribution is 2.30. The number of carbonyl (C=O) groups is 3. The second-order valence-corrected chi connectivity index (χ2v) is 8.50. The van der Waals surface area contributed by atoms with E-state index in [4.69, 9.17) is 11.6 Å². The van der Waals surface area contributed by atoms with Gasteiger partial charge in [-0.05, 0) is 29.1 Å². The monoisotopic (exact) mass is 485 g/mol. The lowest BCUT2D eigenvalue weighted by molar-refractivity contribution is -0.133. The van der Waals surface area contributed by atoms with Crippen LogP contribution in [-0.4, -0.2) is 46.2 Å². The molecule has 0 atom stereocenters. The van der Waals surface area contributed by atoms with Gasteiger partial charge in [0.1, 0.15) is 16.4 Å². The van der Waals surface area contributed by atoms with E-state index in [1.807, 2.05) is 12.1 Å². The standard InChI is InChI=1S/C21H20ClN7O3S/c1-11(30)29-9-12-3-4-13(7-16(12)26-17(31)10-29)25-21-24-8-14(22)19(28-21)27-15-5-6-33-18(15)20(32)23-2/h3-8H,9-10H2,1-2H3,(H,23,32)(H,26,31)(H2,24,25,27,28). The fourth-order valence-electron chi connectivity index (χ4n) is 3.22. The highest BCUT2D eigenvalue weighted by atomic mass is 35.5. The predicted molar refractivity (Wildman–Crippen MR) is 127 cm³/mol. The smallest absolute Gasteiger partial charge is 0.263 e. The molecular formula is C21H20ClN7O3S. The number of nitrogens with one attached hydrogen (secondary N) is 4. The number of fused-ring (bicyclic) bond motifs is 1. The Morgan fingerprint density at radius 2 is 2.03 bits per heavy atom. The topological polar surface area (TPSA) is 128 Å². The van der Waals surface area contributed by atoms with Gasteiger partial charge < -0.3 is 26.2 Å². The van der Waals surface area contributed by atoms with Crippen molar-refractivity contribution in [3.05, 3.63) is 51.3 Å². The molecule has 3 amide bonds. The van der Waals surface area contributed by atoms with Crippen LogP contribution in [0.1, 0.15) is 22.2 Å². The third-order valence-electron chi connectivity index (χ3n) is 4.88. The number of benzene rings is 1. The Morgan fingerprint density at radius 3 is 2.79 bits per heavy atom. The average Bonchev–Trinajstić information content (AvgIpc) is 3.17. The first-order valence-corrected chi connectivity index (χ1v) is 11.1. The minimum absolute atomic E-state index is 0.00270. The van der Waals surface area contributed by atoms with Crippen LogP contribution in [0.25, 0.3) is 0 Å². The number of aromatic nitrogens is 2. The molecule has 1 aliphatic heterocycles. The first kappa shape index (κ1) is 22.5. The number of nitrogens with zero attached hydrogens (tertiary/aromatic N) is 3.